The van der Waals surface area contributed by atoms with E-state index in [-0.39, 0.29) is 29.9 Å². The fourth-order valence-electron chi connectivity index (χ4n) is 3.28. The van der Waals surface area contributed by atoms with Crippen LogP contribution in [0, 0.1) is 0 Å². The van der Waals surface area contributed by atoms with Crippen molar-refractivity contribution >= 4 is 28.3 Å². The van der Waals surface area contributed by atoms with Crippen LogP contribution >= 0.6 is 11.6 Å². The molecule has 2 heterocycles. The lowest BCUT2D eigenvalue weighted by atomic mass is 10.1. The van der Waals surface area contributed by atoms with Crippen molar-refractivity contribution in [3.63, 3.8) is 0 Å². The third-order valence-electron chi connectivity index (χ3n) is 4.60. The maximum absolute atomic E-state index is 13.4. The number of aromatic nitrogens is 5. The molecular formula is C22H20ClN5O3. The summed E-state index contributed by atoms with van der Waals surface area (Å²) in [4.78, 5) is 32.0. The summed E-state index contributed by atoms with van der Waals surface area (Å²) in [6.45, 7) is 3.75. The summed E-state index contributed by atoms with van der Waals surface area (Å²) in [5, 5.41) is 8.39. The van der Waals surface area contributed by atoms with Crippen molar-refractivity contribution < 1.29 is 9.53 Å². The summed E-state index contributed by atoms with van der Waals surface area (Å²) in [5.74, 6) is 0.616. The van der Waals surface area contributed by atoms with Gasteiger partial charge in [-0.15, -0.1) is 11.6 Å². The summed E-state index contributed by atoms with van der Waals surface area (Å²) in [6, 6.07) is 12.0. The SMILES string of the molecule is CC(C)Oc1ccc(C(=O)Cn2nccn2)cc1-n1c(CCl)nc2ccccc2c1=O. The smallest absolute Gasteiger partial charge is 0.266 e. The summed E-state index contributed by atoms with van der Waals surface area (Å²) < 4.78 is 7.35. The van der Waals surface area contributed by atoms with Crippen molar-refractivity contribution in [2.75, 3.05) is 0 Å². The van der Waals surface area contributed by atoms with Crippen molar-refractivity contribution in [3.8, 4) is 11.4 Å². The van der Waals surface area contributed by atoms with Gasteiger partial charge in [-0.3, -0.25) is 14.2 Å². The van der Waals surface area contributed by atoms with Crippen LogP contribution in [-0.2, 0) is 12.4 Å². The molecule has 4 rings (SSSR count). The molecule has 158 valence electrons. The standard InChI is InChI=1S/C22H20ClN5O3/c1-14(2)31-20-8-7-15(19(29)13-27-24-9-10-25-27)11-18(20)28-21(12-23)26-17-6-4-3-5-16(17)22(28)30/h3-11,14H,12-13H2,1-2H3. The minimum Gasteiger partial charge on any atom is -0.489 e. The summed E-state index contributed by atoms with van der Waals surface area (Å²) >= 11 is 6.16. The Hall–Kier alpha value is -3.52. The zero-order valence-corrected chi connectivity index (χ0v) is 17.8. The van der Waals surface area contributed by atoms with E-state index < -0.39 is 0 Å². The van der Waals surface area contributed by atoms with E-state index in [9.17, 15) is 9.59 Å². The second-order valence-corrected chi connectivity index (χ2v) is 7.42. The highest BCUT2D eigenvalue weighted by atomic mass is 35.5. The largest absolute Gasteiger partial charge is 0.489 e. The van der Waals surface area contributed by atoms with Gasteiger partial charge in [0.15, 0.2) is 5.78 Å². The number of Topliss-reactive ketones (excluding diaryl/α,β-unsaturated/α-hetero) is 1. The number of fused-ring (bicyclic) bond motifs is 1. The van der Waals surface area contributed by atoms with Crippen molar-refractivity contribution in [3.05, 3.63) is 76.6 Å². The zero-order chi connectivity index (χ0) is 22.0. The molecule has 0 saturated carbocycles. The summed E-state index contributed by atoms with van der Waals surface area (Å²) in [7, 11) is 0. The first-order valence-corrected chi connectivity index (χ1v) is 10.3. The zero-order valence-electron chi connectivity index (χ0n) is 17.0. The number of ether oxygens (including phenoxy) is 1. The van der Waals surface area contributed by atoms with Gasteiger partial charge < -0.3 is 4.74 Å². The van der Waals surface area contributed by atoms with Gasteiger partial charge in [0.25, 0.3) is 5.56 Å². The molecule has 0 aliphatic carbocycles. The molecule has 31 heavy (non-hydrogen) atoms. The number of para-hydroxylation sites is 1. The van der Waals surface area contributed by atoms with Crippen LogP contribution in [0.1, 0.15) is 30.0 Å². The lowest BCUT2D eigenvalue weighted by molar-refractivity contribution is 0.0962. The summed E-state index contributed by atoms with van der Waals surface area (Å²) in [5.41, 5.74) is 1.08. The molecule has 0 unspecified atom stereocenters. The molecule has 2 aromatic heterocycles. The lowest BCUT2D eigenvalue weighted by Gasteiger charge is -2.19. The third kappa shape index (κ3) is 4.20. The Morgan fingerprint density at radius 2 is 1.87 bits per heavy atom. The Bertz CT molecular complexity index is 1300. The first kappa shape index (κ1) is 20.7. The topological polar surface area (TPSA) is 91.9 Å². The summed E-state index contributed by atoms with van der Waals surface area (Å²) in [6.07, 6.45) is 2.87. The predicted molar refractivity (Wildman–Crippen MR) is 117 cm³/mol. The molecular weight excluding hydrogens is 418 g/mol. The van der Waals surface area contributed by atoms with E-state index in [2.05, 4.69) is 15.2 Å². The van der Waals surface area contributed by atoms with Crippen LogP contribution in [0.5, 0.6) is 5.75 Å². The Morgan fingerprint density at radius 3 is 2.58 bits per heavy atom. The molecule has 0 amide bonds. The number of benzene rings is 2. The number of hydrogen-bond acceptors (Lipinski definition) is 6. The lowest BCUT2D eigenvalue weighted by Crippen LogP contribution is -2.25. The van der Waals surface area contributed by atoms with Crippen LogP contribution in [0.3, 0.4) is 0 Å². The highest BCUT2D eigenvalue weighted by Crippen LogP contribution is 2.27. The molecule has 0 spiro atoms. The minimum absolute atomic E-state index is 0.0105. The molecule has 0 fully saturated rings. The van der Waals surface area contributed by atoms with Gasteiger partial charge in [0.05, 0.1) is 41.0 Å². The second-order valence-electron chi connectivity index (χ2n) is 7.15. The predicted octanol–water partition coefficient (Wildman–Crippen LogP) is 3.39. The van der Waals surface area contributed by atoms with Gasteiger partial charge in [-0.2, -0.15) is 15.0 Å². The second kappa shape index (κ2) is 8.69. The van der Waals surface area contributed by atoms with Crippen LogP contribution in [-0.4, -0.2) is 36.4 Å². The van der Waals surface area contributed by atoms with E-state index in [0.29, 0.717) is 33.7 Å². The molecule has 0 aliphatic heterocycles. The van der Waals surface area contributed by atoms with Crippen molar-refractivity contribution in [1.29, 1.82) is 0 Å². The molecule has 2 aromatic carbocycles. The molecule has 0 radical (unpaired) electrons. The van der Waals surface area contributed by atoms with Crippen molar-refractivity contribution in [2.45, 2.75) is 32.4 Å². The number of carbonyl (C=O) groups excluding carboxylic acids is 1. The van der Waals surface area contributed by atoms with Crippen LogP contribution in [0.4, 0.5) is 0 Å². The van der Waals surface area contributed by atoms with E-state index in [1.807, 2.05) is 19.9 Å². The molecule has 0 atom stereocenters. The van der Waals surface area contributed by atoms with Gasteiger partial charge in [0.2, 0.25) is 0 Å². The van der Waals surface area contributed by atoms with E-state index in [1.165, 1.54) is 21.8 Å². The van der Waals surface area contributed by atoms with Crippen molar-refractivity contribution in [2.24, 2.45) is 0 Å². The highest BCUT2D eigenvalue weighted by Gasteiger charge is 2.19. The van der Waals surface area contributed by atoms with Gasteiger partial charge in [0, 0.05) is 5.56 Å². The normalized spacial score (nSPS) is 11.2. The average Bonchev–Trinajstić information content (AvgIpc) is 3.27. The number of halogens is 1. The van der Waals surface area contributed by atoms with Crippen molar-refractivity contribution in [1.82, 2.24) is 24.5 Å². The number of alkyl halides is 1. The first-order valence-electron chi connectivity index (χ1n) is 9.73. The molecule has 8 nitrogen and oxygen atoms in total. The minimum atomic E-state index is -0.284. The van der Waals surface area contributed by atoms with Gasteiger partial charge >= 0.3 is 0 Å². The van der Waals surface area contributed by atoms with E-state index >= 15 is 0 Å². The fourth-order valence-corrected chi connectivity index (χ4v) is 3.46. The molecule has 0 N–H and O–H groups in total. The fraction of sp³-hybridized carbons (Fsp3) is 0.227. The number of carbonyl (C=O) groups is 1. The van der Waals surface area contributed by atoms with Crippen LogP contribution < -0.4 is 10.3 Å². The maximum Gasteiger partial charge on any atom is 0.266 e. The Balaban J connectivity index is 1.90. The van der Waals surface area contributed by atoms with Crippen LogP contribution in [0.15, 0.2) is 59.7 Å². The molecule has 0 saturated heterocycles. The Morgan fingerprint density at radius 1 is 1.13 bits per heavy atom. The van der Waals surface area contributed by atoms with E-state index in [4.69, 9.17) is 16.3 Å². The monoisotopic (exact) mass is 437 g/mol. The quantitative estimate of drug-likeness (QED) is 0.325. The molecule has 9 heteroatoms. The van der Waals surface area contributed by atoms with Gasteiger partial charge in [0.1, 0.15) is 18.1 Å². The Labute approximate surface area is 183 Å². The van der Waals surface area contributed by atoms with Crippen LogP contribution in [0.25, 0.3) is 16.6 Å². The van der Waals surface area contributed by atoms with E-state index in [1.54, 1.807) is 36.4 Å². The number of nitrogens with zero attached hydrogens (tertiary/aromatic N) is 5. The van der Waals surface area contributed by atoms with Crippen LogP contribution in [0.2, 0.25) is 0 Å². The van der Waals surface area contributed by atoms with E-state index in [0.717, 1.165) is 0 Å². The Kier molecular flexibility index (Phi) is 5.81. The molecule has 0 aliphatic rings. The third-order valence-corrected chi connectivity index (χ3v) is 4.84. The average molecular weight is 438 g/mol. The number of rotatable bonds is 7. The number of hydrogen-bond donors (Lipinski definition) is 0. The van der Waals surface area contributed by atoms with Gasteiger partial charge in [-0.25, -0.2) is 4.98 Å². The maximum atomic E-state index is 13.4. The first-order chi connectivity index (χ1) is 15.0. The van der Waals surface area contributed by atoms with Gasteiger partial charge in [-0.1, -0.05) is 12.1 Å². The molecule has 4 aromatic rings. The van der Waals surface area contributed by atoms with Gasteiger partial charge in [-0.05, 0) is 44.2 Å². The molecule has 0 bridgehead atoms. The highest BCUT2D eigenvalue weighted by molar-refractivity contribution is 6.16. The number of ketones is 1.